The van der Waals surface area contributed by atoms with Crippen LogP contribution in [0.25, 0.3) is 0 Å². The quantitative estimate of drug-likeness (QED) is 0.300. The van der Waals surface area contributed by atoms with Crippen LogP contribution in [0, 0.1) is 0 Å². The van der Waals surface area contributed by atoms with Gasteiger partial charge in [0.15, 0.2) is 5.11 Å². The molecule has 0 fully saturated rings. The summed E-state index contributed by atoms with van der Waals surface area (Å²) in [4.78, 5) is 24.6. The van der Waals surface area contributed by atoms with Crippen LogP contribution in [0.2, 0.25) is 0 Å². The molecule has 6 nitrogen and oxygen atoms in total. The molecule has 2 aromatic carbocycles. The topological polar surface area (TPSA) is 79.5 Å². The Hall–Kier alpha value is -2.93. The van der Waals surface area contributed by atoms with Crippen LogP contribution >= 0.6 is 12.2 Å². The molecular weight excluding hydrogens is 422 g/mol. The van der Waals surface area contributed by atoms with Crippen LogP contribution in [0.1, 0.15) is 79.7 Å². The lowest BCUT2D eigenvalue weighted by molar-refractivity contribution is 0.0934. The van der Waals surface area contributed by atoms with E-state index < -0.39 is 0 Å². The minimum atomic E-state index is -0.374. The molecule has 0 aliphatic rings. The van der Waals surface area contributed by atoms with E-state index in [1.54, 1.807) is 36.4 Å². The third kappa shape index (κ3) is 8.30. The van der Waals surface area contributed by atoms with Crippen molar-refractivity contribution in [1.82, 2.24) is 16.2 Å². The lowest BCUT2D eigenvalue weighted by atomic mass is 9.87. The number of ether oxygens (including phenoxy) is 1. The first-order valence-electron chi connectivity index (χ1n) is 11.0. The van der Waals surface area contributed by atoms with Crippen molar-refractivity contribution in [3.63, 3.8) is 0 Å². The summed E-state index contributed by atoms with van der Waals surface area (Å²) in [6, 6.07) is 14.2. The summed E-state index contributed by atoms with van der Waals surface area (Å²) in [5, 5.41) is 2.55. The van der Waals surface area contributed by atoms with Crippen LogP contribution in [0.15, 0.2) is 48.5 Å². The molecule has 172 valence electrons. The molecule has 0 aliphatic carbocycles. The fourth-order valence-corrected chi connectivity index (χ4v) is 3.08. The third-order valence-electron chi connectivity index (χ3n) is 4.91. The normalized spacial score (nSPS) is 10.9. The van der Waals surface area contributed by atoms with Crippen LogP contribution in [0.3, 0.4) is 0 Å². The van der Waals surface area contributed by atoms with Crippen molar-refractivity contribution in [1.29, 1.82) is 0 Å². The van der Waals surface area contributed by atoms with Gasteiger partial charge in [0, 0.05) is 11.1 Å². The second kappa shape index (κ2) is 12.2. The minimum Gasteiger partial charge on any atom is -0.494 e. The van der Waals surface area contributed by atoms with Crippen LogP contribution in [-0.4, -0.2) is 23.5 Å². The maximum Gasteiger partial charge on any atom is 0.269 e. The molecule has 3 N–H and O–H groups in total. The van der Waals surface area contributed by atoms with Crippen LogP contribution in [0.5, 0.6) is 5.75 Å². The lowest BCUT2D eigenvalue weighted by Crippen LogP contribution is -2.48. The highest BCUT2D eigenvalue weighted by molar-refractivity contribution is 7.80. The molecule has 0 atom stereocenters. The molecule has 32 heavy (non-hydrogen) atoms. The van der Waals surface area contributed by atoms with Crippen LogP contribution < -0.4 is 20.9 Å². The molecule has 0 unspecified atom stereocenters. The van der Waals surface area contributed by atoms with Gasteiger partial charge in [-0.25, -0.2) is 0 Å². The van der Waals surface area contributed by atoms with E-state index in [4.69, 9.17) is 17.0 Å². The number of hydrazine groups is 1. The Morgan fingerprint density at radius 3 is 2.03 bits per heavy atom. The van der Waals surface area contributed by atoms with Gasteiger partial charge in [-0.2, -0.15) is 0 Å². The van der Waals surface area contributed by atoms with Gasteiger partial charge >= 0.3 is 0 Å². The monoisotopic (exact) mass is 455 g/mol. The number of benzene rings is 2. The van der Waals surface area contributed by atoms with Crippen LogP contribution in [0.4, 0.5) is 0 Å². The molecule has 0 bridgehead atoms. The molecule has 0 heterocycles. The zero-order valence-corrected chi connectivity index (χ0v) is 20.1. The summed E-state index contributed by atoms with van der Waals surface area (Å²) in [5.41, 5.74) is 7.13. The molecule has 7 heteroatoms. The number of hydrogen-bond acceptors (Lipinski definition) is 4. The van der Waals surface area contributed by atoms with Crippen molar-refractivity contribution >= 4 is 29.1 Å². The number of carbonyl (C=O) groups excluding carboxylic acids is 2. The Bertz CT molecular complexity index is 904. The molecule has 0 aliphatic heterocycles. The van der Waals surface area contributed by atoms with Gasteiger partial charge in [-0.1, -0.05) is 59.1 Å². The molecular formula is C25H33N3O3S. The van der Waals surface area contributed by atoms with E-state index in [9.17, 15) is 9.59 Å². The number of amides is 2. The maximum absolute atomic E-state index is 12.4. The van der Waals surface area contributed by atoms with Crippen molar-refractivity contribution in [3.8, 4) is 5.75 Å². The standard InChI is InChI=1S/C25H33N3O3S/c1-5-6-7-8-17-31-21-15-11-18(12-16-21)22(29)26-24(32)28-27-23(30)19-9-13-20(14-10-19)25(2,3)4/h9-16H,5-8,17H2,1-4H3,(H,27,30)(H2,26,28,29,32). The number of nitrogens with one attached hydrogen (secondary N) is 3. The van der Waals surface area contributed by atoms with E-state index in [2.05, 4.69) is 43.9 Å². The predicted octanol–water partition coefficient (Wildman–Crippen LogP) is 4.89. The summed E-state index contributed by atoms with van der Waals surface area (Å²) in [6.45, 7) is 9.17. The smallest absolute Gasteiger partial charge is 0.269 e. The second-order valence-electron chi connectivity index (χ2n) is 8.62. The van der Waals surface area contributed by atoms with E-state index in [0.717, 1.165) is 24.2 Å². The molecule has 0 saturated carbocycles. The molecule has 2 amide bonds. The molecule has 0 radical (unpaired) electrons. The number of thiocarbonyl (C=S) groups is 1. The fraction of sp³-hybridized carbons (Fsp3) is 0.400. The molecule has 2 rings (SSSR count). The zero-order chi connectivity index (χ0) is 23.6. The first-order chi connectivity index (χ1) is 15.2. The summed E-state index contributed by atoms with van der Waals surface area (Å²) in [7, 11) is 0. The van der Waals surface area contributed by atoms with Crippen molar-refractivity contribution in [3.05, 3.63) is 65.2 Å². The molecule has 0 spiro atoms. The largest absolute Gasteiger partial charge is 0.494 e. The Morgan fingerprint density at radius 2 is 1.44 bits per heavy atom. The Balaban J connectivity index is 1.77. The fourth-order valence-electron chi connectivity index (χ4n) is 2.94. The minimum absolute atomic E-state index is 0.00547. The summed E-state index contributed by atoms with van der Waals surface area (Å²) in [5.74, 6) is 0.00626. The van der Waals surface area contributed by atoms with Gasteiger partial charge in [-0.3, -0.25) is 25.8 Å². The average Bonchev–Trinajstić information content (AvgIpc) is 2.77. The summed E-state index contributed by atoms with van der Waals surface area (Å²) in [6.07, 6.45) is 4.57. The zero-order valence-electron chi connectivity index (χ0n) is 19.3. The van der Waals surface area contributed by atoms with Gasteiger partial charge in [0.25, 0.3) is 11.8 Å². The van der Waals surface area contributed by atoms with Crippen LogP contribution in [-0.2, 0) is 5.41 Å². The number of hydrogen-bond donors (Lipinski definition) is 3. The highest BCUT2D eigenvalue weighted by Gasteiger charge is 2.14. The van der Waals surface area contributed by atoms with Gasteiger partial charge in [-0.15, -0.1) is 0 Å². The van der Waals surface area contributed by atoms with E-state index in [-0.39, 0.29) is 22.3 Å². The number of rotatable bonds is 8. The highest BCUT2D eigenvalue weighted by Crippen LogP contribution is 2.22. The first kappa shape index (κ1) is 25.3. The van der Waals surface area contributed by atoms with E-state index in [1.807, 2.05) is 12.1 Å². The highest BCUT2D eigenvalue weighted by atomic mass is 32.1. The molecule has 2 aromatic rings. The van der Waals surface area contributed by atoms with Gasteiger partial charge < -0.3 is 4.74 Å². The Kier molecular flexibility index (Phi) is 9.65. The van der Waals surface area contributed by atoms with Crippen molar-refractivity contribution in [2.45, 2.75) is 58.8 Å². The summed E-state index contributed by atoms with van der Waals surface area (Å²) >= 11 is 5.10. The van der Waals surface area contributed by atoms with E-state index in [1.165, 1.54) is 12.8 Å². The summed E-state index contributed by atoms with van der Waals surface area (Å²) < 4.78 is 5.68. The van der Waals surface area contributed by atoms with E-state index >= 15 is 0 Å². The lowest BCUT2D eigenvalue weighted by Gasteiger charge is -2.19. The first-order valence-corrected chi connectivity index (χ1v) is 11.4. The number of carbonyl (C=O) groups is 2. The van der Waals surface area contributed by atoms with Gasteiger partial charge in [0.05, 0.1) is 6.61 Å². The third-order valence-corrected chi connectivity index (χ3v) is 5.12. The van der Waals surface area contributed by atoms with Gasteiger partial charge in [-0.05, 0) is 66.0 Å². The molecule has 0 aromatic heterocycles. The second-order valence-corrected chi connectivity index (χ2v) is 9.03. The van der Waals surface area contributed by atoms with E-state index in [0.29, 0.717) is 17.7 Å². The van der Waals surface area contributed by atoms with Crippen molar-refractivity contribution in [2.24, 2.45) is 0 Å². The molecule has 0 saturated heterocycles. The Morgan fingerprint density at radius 1 is 0.844 bits per heavy atom. The SMILES string of the molecule is CCCCCCOc1ccc(C(=O)NC(=S)NNC(=O)c2ccc(C(C)(C)C)cc2)cc1. The van der Waals surface area contributed by atoms with Gasteiger partial charge in [0.2, 0.25) is 0 Å². The predicted molar refractivity (Wildman–Crippen MR) is 132 cm³/mol. The maximum atomic E-state index is 12.4. The average molecular weight is 456 g/mol. The van der Waals surface area contributed by atoms with Gasteiger partial charge in [0.1, 0.15) is 5.75 Å². The number of unbranched alkanes of at least 4 members (excludes halogenated alkanes) is 3. The Labute approximate surface area is 196 Å². The van der Waals surface area contributed by atoms with Crippen molar-refractivity contribution < 1.29 is 14.3 Å². The van der Waals surface area contributed by atoms with Crippen molar-refractivity contribution in [2.75, 3.05) is 6.61 Å².